The second kappa shape index (κ2) is 7.59. The van der Waals surface area contributed by atoms with Gasteiger partial charge in [-0.2, -0.15) is 0 Å². The summed E-state index contributed by atoms with van der Waals surface area (Å²) in [6, 6.07) is 7.18. The fraction of sp³-hybridized carbons (Fsp3) is 0.421. The van der Waals surface area contributed by atoms with E-state index in [1.165, 1.54) is 0 Å². The van der Waals surface area contributed by atoms with E-state index in [9.17, 15) is 9.59 Å². The van der Waals surface area contributed by atoms with Gasteiger partial charge in [0.2, 0.25) is 5.91 Å². The van der Waals surface area contributed by atoms with E-state index in [-0.39, 0.29) is 24.3 Å². The lowest BCUT2D eigenvalue weighted by Crippen LogP contribution is -2.41. The fourth-order valence-corrected chi connectivity index (χ4v) is 3.16. The predicted octanol–water partition coefficient (Wildman–Crippen LogP) is 2.21. The van der Waals surface area contributed by atoms with Crippen LogP contribution in [0.25, 0.3) is 0 Å². The summed E-state index contributed by atoms with van der Waals surface area (Å²) in [5, 5.41) is 3.91. The number of carbonyl (C=O) groups excluding carboxylic acids is 2. The van der Waals surface area contributed by atoms with E-state index in [0.717, 1.165) is 11.3 Å². The molecule has 2 amide bonds. The van der Waals surface area contributed by atoms with Crippen LogP contribution >= 0.6 is 0 Å². The normalized spacial score (nSPS) is 15.1. The Morgan fingerprint density at radius 2 is 1.96 bits per heavy atom. The largest absolute Gasteiger partial charge is 0.488 e. The van der Waals surface area contributed by atoms with Crippen molar-refractivity contribution >= 4 is 11.8 Å². The summed E-state index contributed by atoms with van der Waals surface area (Å²) >= 11 is 0. The minimum absolute atomic E-state index is 0.0951. The molecule has 1 aromatic heterocycles. The third-order valence-electron chi connectivity index (χ3n) is 4.86. The van der Waals surface area contributed by atoms with Crippen molar-refractivity contribution in [2.24, 2.45) is 11.7 Å². The van der Waals surface area contributed by atoms with Crippen LogP contribution < -0.4 is 10.5 Å². The molecular weight excluding hydrogens is 334 g/mol. The van der Waals surface area contributed by atoms with Gasteiger partial charge < -0.3 is 19.9 Å². The lowest BCUT2D eigenvalue weighted by Gasteiger charge is -2.31. The summed E-state index contributed by atoms with van der Waals surface area (Å²) in [5.74, 6) is 0.696. The Bertz CT molecular complexity index is 787. The number of amides is 2. The molecule has 7 heteroatoms. The van der Waals surface area contributed by atoms with Crippen molar-refractivity contribution in [1.29, 1.82) is 0 Å². The van der Waals surface area contributed by atoms with E-state index in [1.54, 1.807) is 17.0 Å². The van der Waals surface area contributed by atoms with Crippen LogP contribution in [-0.4, -0.2) is 35.0 Å². The molecule has 2 heterocycles. The molecule has 1 aliphatic heterocycles. The lowest BCUT2D eigenvalue weighted by molar-refractivity contribution is -0.123. The Balaban J connectivity index is 1.71. The Labute approximate surface area is 152 Å². The van der Waals surface area contributed by atoms with E-state index in [2.05, 4.69) is 5.16 Å². The Morgan fingerprint density at radius 1 is 1.27 bits per heavy atom. The molecule has 1 aliphatic rings. The van der Waals surface area contributed by atoms with Gasteiger partial charge in [0.1, 0.15) is 18.1 Å². The van der Waals surface area contributed by atoms with Crippen LogP contribution in [-0.2, 0) is 11.4 Å². The Hall–Kier alpha value is -2.83. The summed E-state index contributed by atoms with van der Waals surface area (Å²) in [5.41, 5.74) is 7.53. The van der Waals surface area contributed by atoms with Gasteiger partial charge >= 0.3 is 0 Å². The number of aryl methyl sites for hydroxylation is 2. The highest BCUT2D eigenvalue weighted by atomic mass is 16.5. The first-order valence-corrected chi connectivity index (χ1v) is 8.69. The predicted molar refractivity (Wildman–Crippen MR) is 94.6 cm³/mol. The van der Waals surface area contributed by atoms with Crippen molar-refractivity contribution in [2.75, 3.05) is 13.1 Å². The molecule has 0 unspecified atom stereocenters. The molecule has 1 saturated heterocycles. The molecule has 0 radical (unpaired) electrons. The van der Waals surface area contributed by atoms with Gasteiger partial charge in [-0.1, -0.05) is 17.3 Å². The topological polar surface area (TPSA) is 98.7 Å². The molecule has 0 bridgehead atoms. The number of hydrogen-bond acceptors (Lipinski definition) is 5. The molecule has 0 spiro atoms. The van der Waals surface area contributed by atoms with Crippen molar-refractivity contribution in [3.05, 3.63) is 46.8 Å². The van der Waals surface area contributed by atoms with Crippen LogP contribution in [0.2, 0.25) is 0 Å². The lowest BCUT2D eigenvalue weighted by atomic mass is 9.96. The van der Waals surface area contributed by atoms with Crippen LogP contribution in [0.5, 0.6) is 5.75 Å². The van der Waals surface area contributed by atoms with Crippen molar-refractivity contribution < 1.29 is 18.8 Å². The minimum atomic E-state index is -0.291. The average molecular weight is 357 g/mol. The second-order valence-corrected chi connectivity index (χ2v) is 6.56. The standard InChI is InChI=1S/C19H23N3O4/c1-12-16(13(2)26-21-12)11-25-17-6-4-3-5-15(17)19(24)22-9-7-14(8-10-22)18(20)23/h3-6,14H,7-11H2,1-2H3,(H2,20,23). The zero-order valence-corrected chi connectivity index (χ0v) is 15.0. The highest BCUT2D eigenvalue weighted by molar-refractivity contribution is 5.97. The van der Waals surface area contributed by atoms with Crippen LogP contribution in [0.4, 0.5) is 0 Å². The van der Waals surface area contributed by atoms with Crippen molar-refractivity contribution in [1.82, 2.24) is 10.1 Å². The molecule has 1 fully saturated rings. The third-order valence-corrected chi connectivity index (χ3v) is 4.86. The number of nitrogens with two attached hydrogens (primary N) is 1. The average Bonchev–Trinajstić information content (AvgIpc) is 2.97. The molecule has 0 aliphatic carbocycles. The van der Waals surface area contributed by atoms with Gasteiger partial charge in [-0.3, -0.25) is 9.59 Å². The zero-order valence-electron chi connectivity index (χ0n) is 15.0. The molecular formula is C19H23N3O4. The quantitative estimate of drug-likeness (QED) is 0.884. The maximum atomic E-state index is 12.9. The highest BCUT2D eigenvalue weighted by Crippen LogP contribution is 2.25. The number of likely N-dealkylation sites (tertiary alicyclic amines) is 1. The van der Waals surface area contributed by atoms with Gasteiger partial charge in [-0.25, -0.2) is 0 Å². The van der Waals surface area contributed by atoms with Crippen molar-refractivity contribution in [3.63, 3.8) is 0 Å². The molecule has 0 saturated carbocycles. The first-order chi connectivity index (χ1) is 12.5. The van der Waals surface area contributed by atoms with E-state index in [0.29, 0.717) is 43.0 Å². The Kier molecular flexibility index (Phi) is 5.25. The maximum absolute atomic E-state index is 12.9. The third kappa shape index (κ3) is 3.71. The number of para-hydroxylation sites is 1. The van der Waals surface area contributed by atoms with Gasteiger partial charge in [-0.05, 0) is 38.8 Å². The molecule has 2 aromatic rings. The summed E-state index contributed by atoms with van der Waals surface area (Å²) in [7, 11) is 0. The number of carbonyl (C=O) groups is 2. The van der Waals surface area contributed by atoms with Crippen LogP contribution in [0.3, 0.4) is 0 Å². The maximum Gasteiger partial charge on any atom is 0.257 e. The molecule has 138 valence electrons. The van der Waals surface area contributed by atoms with Crippen LogP contribution in [0, 0.1) is 19.8 Å². The number of nitrogens with zero attached hydrogens (tertiary/aromatic N) is 2. The molecule has 7 nitrogen and oxygen atoms in total. The number of ether oxygens (including phenoxy) is 1. The first kappa shape index (κ1) is 18.0. The molecule has 3 rings (SSSR count). The van der Waals surface area contributed by atoms with E-state index in [4.69, 9.17) is 15.0 Å². The SMILES string of the molecule is Cc1noc(C)c1COc1ccccc1C(=O)N1CCC(C(N)=O)CC1. The number of hydrogen-bond donors (Lipinski definition) is 1. The van der Waals surface area contributed by atoms with Gasteiger partial charge in [0.25, 0.3) is 5.91 Å². The van der Waals surface area contributed by atoms with Crippen molar-refractivity contribution in [3.8, 4) is 5.75 Å². The smallest absolute Gasteiger partial charge is 0.257 e. The molecule has 1 aromatic carbocycles. The van der Waals surface area contributed by atoms with Gasteiger partial charge in [0.15, 0.2) is 0 Å². The van der Waals surface area contributed by atoms with Gasteiger partial charge in [0.05, 0.1) is 16.8 Å². The minimum Gasteiger partial charge on any atom is -0.488 e. The monoisotopic (exact) mass is 357 g/mol. The number of primary amides is 1. The second-order valence-electron chi connectivity index (χ2n) is 6.56. The number of rotatable bonds is 5. The van der Waals surface area contributed by atoms with Crippen LogP contribution in [0.15, 0.2) is 28.8 Å². The summed E-state index contributed by atoms with van der Waals surface area (Å²) in [6.45, 7) is 5.01. The fourth-order valence-electron chi connectivity index (χ4n) is 3.16. The van der Waals surface area contributed by atoms with Gasteiger partial charge in [0, 0.05) is 19.0 Å². The summed E-state index contributed by atoms with van der Waals surface area (Å²) in [6.07, 6.45) is 1.20. The first-order valence-electron chi connectivity index (χ1n) is 8.69. The van der Waals surface area contributed by atoms with E-state index in [1.807, 2.05) is 26.0 Å². The Morgan fingerprint density at radius 3 is 2.58 bits per heavy atom. The summed E-state index contributed by atoms with van der Waals surface area (Å²) < 4.78 is 11.0. The number of aromatic nitrogens is 1. The van der Waals surface area contributed by atoms with Crippen LogP contribution in [0.1, 0.15) is 40.2 Å². The zero-order chi connectivity index (χ0) is 18.7. The van der Waals surface area contributed by atoms with Gasteiger partial charge in [-0.15, -0.1) is 0 Å². The molecule has 26 heavy (non-hydrogen) atoms. The van der Waals surface area contributed by atoms with Crippen molar-refractivity contribution in [2.45, 2.75) is 33.3 Å². The highest BCUT2D eigenvalue weighted by Gasteiger charge is 2.27. The molecule has 0 atom stereocenters. The van der Waals surface area contributed by atoms with E-state index < -0.39 is 0 Å². The van der Waals surface area contributed by atoms with E-state index >= 15 is 0 Å². The number of benzene rings is 1. The summed E-state index contributed by atoms with van der Waals surface area (Å²) in [4.78, 5) is 25.9. The molecule has 2 N–H and O–H groups in total. The number of piperidine rings is 1.